The Kier molecular flexibility index (Phi) is 4.14. The maximum absolute atomic E-state index is 11.6. The van der Waals surface area contributed by atoms with Crippen molar-refractivity contribution < 1.29 is 9.53 Å². The topological polar surface area (TPSA) is 56.1 Å². The van der Waals surface area contributed by atoms with Crippen molar-refractivity contribution >= 4 is 5.97 Å². The van der Waals surface area contributed by atoms with Crippen molar-refractivity contribution in [3.63, 3.8) is 0 Å². The number of hydrogen-bond acceptors (Lipinski definition) is 4. The first-order valence-electron chi connectivity index (χ1n) is 6.22. The number of carbonyl (C=O) groups is 1. The smallest absolute Gasteiger partial charge is 0.356 e. The Morgan fingerprint density at radius 3 is 3.18 bits per heavy atom. The number of rotatable bonds is 7. The molecule has 5 nitrogen and oxygen atoms in total. The first kappa shape index (κ1) is 12.1. The number of nitrogens with zero attached hydrogens (tertiary/aromatic N) is 2. The maximum Gasteiger partial charge on any atom is 0.356 e. The van der Waals surface area contributed by atoms with E-state index in [1.54, 1.807) is 19.4 Å². The second-order valence-corrected chi connectivity index (χ2v) is 4.27. The largest absolute Gasteiger partial charge is 0.461 e. The molecule has 2 rings (SSSR count). The van der Waals surface area contributed by atoms with Gasteiger partial charge in [-0.2, -0.15) is 0 Å². The van der Waals surface area contributed by atoms with Gasteiger partial charge in [-0.25, -0.2) is 9.78 Å². The molecule has 0 bridgehead atoms. The lowest BCUT2D eigenvalue weighted by Gasteiger charge is -2.07. The van der Waals surface area contributed by atoms with Crippen LogP contribution in [0, 0.1) is 0 Å². The van der Waals surface area contributed by atoms with Crippen molar-refractivity contribution in [2.75, 3.05) is 13.2 Å². The van der Waals surface area contributed by atoms with Crippen LogP contribution in [0.1, 0.15) is 36.7 Å². The molecule has 1 saturated carbocycles. The molecule has 0 radical (unpaired) electrons. The number of esters is 1. The Morgan fingerprint density at radius 1 is 1.65 bits per heavy atom. The molecule has 94 valence electrons. The van der Waals surface area contributed by atoms with E-state index in [2.05, 4.69) is 10.3 Å². The van der Waals surface area contributed by atoms with Gasteiger partial charge in [0.25, 0.3) is 0 Å². The molecule has 1 aliphatic rings. The molecule has 5 heteroatoms. The third-order valence-electron chi connectivity index (χ3n) is 2.78. The Bertz CT molecular complexity index is 372. The van der Waals surface area contributed by atoms with Crippen LogP contribution in [0.15, 0.2) is 12.5 Å². The van der Waals surface area contributed by atoms with E-state index < -0.39 is 0 Å². The summed E-state index contributed by atoms with van der Waals surface area (Å²) in [5.41, 5.74) is 0.540. The highest BCUT2D eigenvalue weighted by Crippen LogP contribution is 2.18. The quantitative estimate of drug-likeness (QED) is 0.572. The van der Waals surface area contributed by atoms with Crippen LogP contribution in [0.2, 0.25) is 0 Å². The predicted molar refractivity (Wildman–Crippen MR) is 63.8 cm³/mol. The van der Waals surface area contributed by atoms with Crippen molar-refractivity contribution in [2.24, 2.45) is 0 Å². The van der Waals surface area contributed by atoms with Gasteiger partial charge < -0.3 is 14.6 Å². The van der Waals surface area contributed by atoms with Gasteiger partial charge in [0.05, 0.1) is 19.1 Å². The van der Waals surface area contributed by atoms with Crippen LogP contribution < -0.4 is 5.32 Å². The van der Waals surface area contributed by atoms with Gasteiger partial charge in [0.2, 0.25) is 0 Å². The molecule has 0 amide bonds. The summed E-state index contributed by atoms with van der Waals surface area (Å²) in [5.74, 6) is -0.292. The molecule has 0 spiro atoms. The fourth-order valence-electron chi connectivity index (χ4n) is 1.72. The number of nitrogens with one attached hydrogen (secondary N) is 1. The van der Waals surface area contributed by atoms with E-state index >= 15 is 0 Å². The molecule has 1 aromatic heterocycles. The average Bonchev–Trinajstić information content (AvgIpc) is 3.02. The Morgan fingerprint density at radius 2 is 2.47 bits per heavy atom. The molecule has 1 heterocycles. The minimum atomic E-state index is -0.292. The van der Waals surface area contributed by atoms with E-state index in [4.69, 9.17) is 4.74 Å². The van der Waals surface area contributed by atoms with E-state index in [1.807, 2.05) is 4.57 Å². The fourth-order valence-corrected chi connectivity index (χ4v) is 1.72. The highest BCUT2D eigenvalue weighted by atomic mass is 16.5. The zero-order valence-corrected chi connectivity index (χ0v) is 10.2. The zero-order chi connectivity index (χ0) is 12.1. The van der Waals surface area contributed by atoms with Gasteiger partial charge in [0.1, 0.15) is 5.69 Å². The van der Waals surface area contributed by atoms with Crippen LogP contribution in [0.3, 0.4) is 0 Å². The van der Waals surface area contributed by atoms with Gasteiger partial charge in [-0.15, -0.1) is 0 Å². The summed E-state index contributed by atoms with van der Waals surface area (Å²) in [7, 11) is 0. The molecule has 0 unspecified atom stereocenters. The molecule has 1 aliphatic carbocycles. The normalized spacial score (nSPS) is 14.9. The minimum Gasteiger partial charge on any atom is -0.461 e. The Hall–Kier alpha value is -1.36. The zero-order valence-electron chi connectivity index (χ0n) is 10.2. The second kappa shape index (κ2) is 5.82. The van der Waals surface area contributed by atoms with Gasteiger partial charge in [-0.1, -0.05) is 0 Å². The van der Waals surface area contributed by atoms with Crippen LogP contribution in [-0.4, -0.2) is 34.7 Å². The van der Waals surface area contributed by atoms with Crippen LogP contribution in [-0.2, 0) is 11.3 Å². The third-order valence-corrected chi connectivity index (χ3v) is 2.78. The van der Waals surface area contributed by atoms with E-state index in [0.29, 0.717) is 12.3 Å². The number of aryl methyl sites for hydroxylation is 1. The third kappa shape index (κ3) is 3.56. The van der Waals surface area contributed by atoms with E-state index in [0.717, 1.165) is 25.6 Å². The summed E-state index contributed by atoms with van der Waals surface area (Å²) in [5, 5.41) is 3.44. The molecule has 0 aliphatic heterocycles. The molecule has 1 N–H and O–H groups in total. The second-order valence-electron chi connectivity index (χ2n) is 4.27. The number of hydrogen-bond donors (Lipinski definition) is 1. The summed E-state index contributed by atoms with van der Waals surface area (Å²) in [6.45, 7) is 3.99. The first-order valence-corrected chi connectivity index (χ1v) is 6.22. The average molecular weight is 237 g/mol. The highest BCUT2D eigenvalue weighted by Gasteiger charge is 2.19. The van der Waals surface area contributed by atoms with Crippen LogP contribution in [0.4, 0.5) is 0 Å². The number of imidazole rings is 1. The van der Waals surface area contributed by atoms with Crippen molar-refractivity contribution in [3.05, 3.63) is 18.2 Å². The van der Waals surface area contributed by atoms with Crippen LogP contribution in [0.25, 0.3) is 0 Å². The monoisotopic (exact) mass is 237 g/mol. The molecule has 0 aromatic carbocycles. The van der Waals surface area contributed by atoms with E-state index in [-0.39, 0.29) is 5.97 Å². The predicted octanol–water partition coefficient (Wildman–Crippen LogP) is 1.20. The van der Waals surface area contributed by atoms with Gasteiger partial charge in [0.15, 0.2) is 0 Å². The lowest BCUT2D eigenvalue weighted by atomic mass is 10.4. The highest BCUT2D eigenvalue weighted by molar-refractivity contribution is 5.87. The molecule has 0 atom stereocenters. The summed E-state index contributed by atoms with van der Waals surface area (Å²) in [4.78, 5) is 15.6. The van der Waals surface area contributed by atoms with E-state index in [9.17, 15) is 4.79 Å². The SMILES string of the molecule is CCOC(=O)c1cncn1CCCNC1CC1. The summed E-state index contributed by atoms with van der Waals surface area (Å²) < 4.78 is 6.82. The fraction of sp³-hybridized carbons (Fsp3) is 0.667. The molecule has 1 fully saturated rings. The van der Waals surface area contributed by atoms with Gasteiger partial charge >= 0.3 is 5.97 Å². The number of ether oxygens (including phenoxy) is 1. The van der Waals surface area contributed by atoms with Crippen LogP contribution >= 0.6 is 0 Å². The van der Waals surface area contributed by atoms with Crippen molar-refractivity contribution in [3.8, 4) is 0 Å². The molecule has 0 saturated heterocycles. The number of aromatic nitrogens is 2. The minimum absolute atomic E-state index is 0.292. The molecule has 1 aromatic rings. The Labute approximate surface area is 101 Å². The van der Waals surface area contributed by atoms with Crippen molar-refractivity contribution in [2.45, 2.75) is 38.8 Å². The van der Waals surface area contributed by atoms with E-state index in [1.165, 1.54) is 12.8 Å². The first-order chi connectivity index (χ1) is 8.31. The standard InChI is InChI=1S/C12H19N3O2/c1-2-17-12(16)11-8-13-9-15(11)7-3-6-14-10-4-5-10/h8-10,14H,2-7H2,1H3. The van der Waals surface area contributed by atoms with Crippen molar-refractivity contribution in [1.82, 2.24) is 14.9 Å². The molecular formula is C12H19N3O2. The number of carbonyl (C=O) groups excluding carboxylic acids is 1. The molecule has 17 heavy (non-hydrogen) atoms. The summed E-state index contributed by atoms with van der Waals surface area (Å²) in [6.07, 6.45) is 6.85. The molecular weight excluding hydrogens is 218 g/mol. The lowest BCUT2D eigenvalue weighted by molar-refractivity contribution is 0.0513. The van der Waals surface area contributed by atoms with Crippen molar-refractivity contribution in [1.29, 1.82) is 0 Å². The van der Waals surface area contributed by atoms with Gasteiger partial charge in [-0.05, 0) is 32.7 Å². The van der Waals surface area contributed by atoms with Gasteiger partial charge in [0, 0.05) is 12.6 Å². The summed E-state index contributed by atoms with van der Waals surface area (Å²) >= 11 is 0. The Balaban J connectivity index is 1.78. The lowest BCUT2D eigenvalue weighted by Crippen LogP contribution is -2.20. The summed E-state index contributed by atoms with van der Waals surface area (Å²) in [6, 6.07) is 0.738. The van der Waals surface area contributed by atoms with Gasteiger partial charge in [-0.3, -0.25) is 0 Å². The maximum atomic E-state index is 11.6. The van der Waals surface area contributed by atoms with Crippen LogP contribution in [0.5, 0.6) is 0 Å².